The highest BCUT2D eigenvalue weighted by Gasteiger charge is 2.29. The van der Waals surface area contributed by atoms with E-state index in [0.717, 1.165) is 5.41 Å². The van der Waals surface area contributed by atoms with Crippen LogP contribution in [0.5, 0.6) is 0 Å². The molecule has 86 valence electrons. The molecule has 0 atom stereocenters. The van der Waals surface area contributed by atoms with Gasteiger partial charge in [0.15, 0.2) is 14.9 Å². The topological polar surface area (TPSA) is 80.6 Å². The van der Waals surface area contributed by atoms with Crippen molar-refractivity contribution >= 4 is 24.7 Å². The Labute approximate surface area is 89.7 Å². The zero-order valence-electron chi connectivity index (χ0n) is 8.76. The first-order valence-corrected chi connectivity index (χ1v) is 7.64. The monoisotopic (exact) mass is 251 g/mol. The van der Waals surface area contributed by atoms with Crippen LogP contribution in [0.25, 0.3) is 0 Å². The standard InChI is InChI=1S/C8H13NO4S2/c1-6(2)14(10,11)5-8-9-7(3)4-15(8,12)13/h4,6H,5H2,1-3H3. The smallest absolute Gasteiger partial charge is 0.215 e. The van der Waals surface area contributed by atoms with Crippen LogP contribution in [0.1, 0.15) is 20.8 Å². The van der Waals surface area contributed by atoms with Gasteiger partial charge in [0.1, 0.15) is 5.75 Å². The molecule has 0 fully saturated rings. The number of nitrogens with zero attached hydrogens (tertiary/aromatic N) is 1. The Morgan fingerprint density at radius 2 is 1.93 bits per heavy atom. The minimum absolute atomic E-state index is 0.270. The lowest BCUT2D eigenvalue weighted by Crippen LogP contribution is -2.26. The molecule has 7 heteroatoms. The van der Waals surface area contributed by atoms with E-state index in [1.54, 1.807) is 0 Å². The van der Waals surface area contributed by atoms with E-state index in [9.17, 15) is 16.8 Å². The van der Waals surface area contributed by atoms with Gasteiger partial charge in [0.2, 0.25) is 9.84 Å². The molecule has 1 aliphatic rings. The van der Waals surface area contributed by atoms with E-state index in [-0.39, 0.29) is 5.04 Å². The molecule has 0 saturated heterocycles. The summed E-state index contributed by atoms with van der Waals surface area (Å²) in [7, 11) is -7.01. The Balaban J connectivity index is 3.03. The Morgan fingerprint density at radius 1 is 1.40 bits per heavy atom. The maximum atomic E-state index is 11.5. The Bertz CT molecular complexity index is 523. The normalized spacial score (nSPS) is 20.3. The SMILES string of the molecule is CC1=CS(=O)(=O)C(CS(=O)(=O)C(C)C)=N1. The van der Waals surface area contributed by atoms with Crippen LogP contribution in [0, 0.1) is 0 Å². The molecule has 0 unspecified atom stereocenters. The van der Waals surface area contributed by atoms with Gasteiger partial charge in [-0.3, -0.25) is 0 Å². The van der Waals surface area contributed by atoms with Crippen LogP contribution in [-0.4, -0.2) is 32.9 Å². The zero-order chi connectivity index (χ0) is 11.9. The molecule has 1 heterocycles. The molecule has 0 saturated carbocycles. The maximum absolute atomic E-state index is 11.5. The summed E-state index contributed by atoms with van der Waals surface area (Å²) in [6.45, 7) is 4.54. The van der Waals surface area contributed by atoms with E-state index in [0.29, 0.717) is 5.70 Å². The number of rotatable bonds is 3. The third-order valence-electron chi connectivity index (χ3n) is 2.00. The second-order valence-corrected chi connectivity index (χ2v) is 8.02. The summed E-state index contributed by atoms with van der Waals surface area (Å²) in [6.07, 6.45) is 0. The van der Waals surface area contributed by atoms with E-state index < -0.39 is 30.7 Å². The molecular formula is C8H13NO4S2. The lowest BCUT2D eigenvalue weighted by atomic mass is 10.6. The molecule has 0 radical (unpaired) electrons. The van der Waals surface area contributed by atoms with Crippen molar-refractivity contribution in [1.82, 2.24) is 0 Å². The average Bonchev–Trinajstić information content (AvgIpc) is 2.23. The molecule has 5 nitrogen and oxygen atoms in total. The molecule has 0 bridgehead atoms. The third-order valence-corrected chi connectivity index (χ3v) is 5.84. The molecule has 15 heavy (non-hydrogen) atoms. The van der Waals surface area contributed by atoms with Gasteiger partial charge in [-0.2, -0.15) is 0 Å². The van der Waals surface area contributed by atoms with Crippen molar-refractivity contribution < 1.29 is 16.8 Å². The largest absolute Gasteiger partial charge is 0.244 e. The predicted molar refractivity (Wildman–Crippen MR) is 59.0 cm³/mol. The van der Waals surface area contributed by atoms with Crippen molar-refractivity contribution in [2.24, 2.45) is 4.99 Å². The van der Waals surface area contributed by atoms with Gasteiger partial charge < -0.3 is 0 Å². The van der Waals surface area contributed by atoms with Gasteiger partial charge >= 0.3 is 0 Å². The highest BCUT2D eigenvalue weighted by atomic mass is 32.2. The molecule has 0 aromatic carbocycles. The van der Waals surface area contributed by atoms with E-state index in [4.69, 9.17) is 0 Å². The molecule has 0 amide bonds. The van der Waals surface area contributed by atoms with Crippen molar-refractivity contribution in [3.05, 3.63) is 11.1 Å². The summed E-state index contributed by atoms with van der Waals surface area (Å²) in [5.74, 6) is -0.513. The first kappa shape index (κ1) is 12.4. The summed E-state index contributed by atoms with van der Waals surface area (Å²) >= 11 is 0. The Kier molecular flexibility index (Phi) is 3.06. The summed E-state index contributed by atoms with van der Waals surface area (Å²) in [5.41, 5.74) is 0.323. The maximum Gasteiger partial charge on any atom is 0.215 e. The molecule has 0 N–H and O–H groups in total. The van der Waals surface area contributed by atoms with Gasteiger partial charge in [-0.1, -0.05) is 0 Å². The molecule has 0 aliphatic carbocycles. The zero-order valence-corrected chi connectivity index (χ0v) is 10.4. The van der Waals surface area contributed by atoms with Crippen molar-refractivity contribution in [2.75, 3.05) is 5.75 Å². The fourth-order valence-electron chi connectivity index (χ4n) is 1.03. The third kappa shape index (κ3) is 2.66. The van der Waals surface area contributed by atoms with Crippen molar-refractivity contribution in [2.45, 2.75) is 26.0 Å². The van der Waals surface area contributed by atoms with Gasteiger partial charge in [-0.05, 0) is 20.8 Å². The van der Waals surface area contributed by atoms with Gasteiger partial charge in [0.05, 0.1) is 16.4 Å². The predicted octanol–water partition coefficient (Wildman–Crippen LogP) is 0.498. The quantitative estimate of drug-likeness (QED) is 0.731. The van der Waals surface area contributed by atoms with E-state index in [1.165, 1.54) is 20.8 Å². The fraction of sp³-hybridized carbons (Fsp3) is 0.625. The summed E-state index contributed by atoms with van der Waals surface area (Å²) in [6, 6.07) is 0. The van der Waals surface area contributed by atoms with Crippen LogP contribution in [0.4, 0.5) is 0 Å². The number of hydrogen-bond acceptors (Lipinski definition) is 5. The van der Waals surface area contributed by atoms with Gasteiger partial charge in [0, 0.05) is 0 Å². The molecule has 1 rings (SSSR count). The molecule has 0 spiro atoms. The minimum atomic E-state index is -3.59. The van der Waals surface area contributed by atoms with Crippen molar-refractivity contribution in [3.63, 3.8) is 0 Å². The van der Waals surface area contributed by atoms with Crippen LogP contribution in [0.2, 0.25) is 0 Å². The molecular weight excluding hydrogens is 238 g/mol. The van der Waals surface area contributed by atoms with E-state index >= 15 is 0 Å². The lowest BCUT2D eigenvalue weighted by molar-refractivity contribution is 0.590. The van der Waals surface area contributed by atoms with E-state index in [2.05, 4.69) is 4.99 Å². The number of hydrogen-bond donors (Lipinski definition) is 0. The summed E-state index contributed by atoms with van der Waals surface area (Å²) in [5, 5.41) is 0.114. The summed E-state index contributed by atoms with van der Waals surface area (Å²) < 4.78 is 45.8. The first-order valence-electron chi connectivity index (χ1n) is 4.38. The number of aliphatic imine (C=N–C) groups is 1. The van der Waals surface area contributed by atoms with Crippen LogP contribution >= 0.6 is 0 Å². The van der Waals surface area contributed by atoms with Crippen LogP contribution < -0.4 is 0 Å². The Hall–Kier alpha value is -0.690. The van der Waals surface area contributed by atoms with Crippen molar-refractivity contribution in [3.8, 4) is 0 Å². The number of sulfone groups is 2. The second-order valence-electron chi connectivity index (χ2n) is 3.67. The lowest BCUT2D eigenvalue weighted by Gasteiger charge is -2.06. The van der Waals surface area contributed by atoms with Gasteiger partial charge in [-0.15, -0.1) is 0 Å². The average molecular weight is 251 g/mol. The molecule has 1 aliphatic heterocycles. The van der Waals surface area contributed by atoms with Gasteiger partial charge in [0.25, 0.3) is 0 Å². The van der Waals surface area contributed by atoms with Crippen molar-refractivity contribution in [1.29, 1.82) is 0 Å². The molecule has 0 aromatic heterocycles. The molecule has 0 aromatic rings. The minimum Gasteiger partial charge on any atom is -0.244 e. The first-order chi connectivity index (χ1) is 6.65. The Morgan fingerprint density at radius 3 is 2.27 bits per heavy atom. The highest BCUT2D eigenvalue weighted by molar-refractivity contribution is 8.11. The summed E-state index contributed by atoms with van der Waals surface area (Å²) in [4.78, 5) is 3.72. The second kappa shape index (κ2) is 3.71. The van der Waals surface area contributed by atoms with Gasteiger partial charge in [-0.25, -0.2) is 21.8 Å². The van der Waals surface area contributed by atoms with Crippen LogP contribution in [0.15, 0.2) is 16.1 Å². The van der Waals surface area contributed by atoms with E-state index in [1.807, 2.05) is 0 Å². The number of allylic oxidation sites excluding steroid dienone is 1. The van der Waals surface area contributed by atoms with Crippen LogP contribution in [0.3, 0.4) is 0 Å². The highest BCUT2D eigenvalue weighted by Crippen LogP contribution is 2.16. The fourth-order valence-corrected chi connectivity index (χ4v) is 3.83. The van der Waals surface area contributed by atoms with Crippen LogP contribution in [-0.2, 0) is 19.7 Å².